The highest BCUT2D eigenvalue weighted by Gasteiger charge is 1.90. The molecule has 0 radical (unpaired) electrons. The first kappa shape index (κ1) is 5.81. The monoisotopic (exact) mass is 126 g/mol. The Bertz CT molecular complexity index is 209. The van der Waals surface area contributed by atoms with Crippen molar-refractivity contribution in [1.29, 1.82) is 0 Å². The van der Waals surface area contributed by atoms with E-state index >= 15 is 0 Å². The van der Waals surface area contributed by atoms with Crippen molar-refractivity contribution < 1.29 is 4.39 Å². The van der Waals surface area contributed by atoms with Gasteiger partial charge in [0.05, 0.1) is 6.20 Å². The summed E-state index contributed by atoms with van der Waals surface area (Å²) in [6.45, 7) is 0. The van der Waals surface area contributed by atoms with Gasteiger partial charge < -0.3 is 0 Å². The minimum Gasteiger partial charge on any atom is -0.226 e. The van der Waals surface area contributed by atoms with Gasteiger partial charge in [-0.3, -0.25) is 0 Å². The van der Waals surface area contributed by atoms with E-state index in [1.807, 2.05) is 0 Å². The molecular formula is C5H3FN2O. The first-order valence-electron chi connectivity index (χ1n) is 2.28. The molecule has 9 heavy (non-hydrogen) atoms. The highest BCUT2D eigenvalue weighted by atomic mass is 19.1. The minimum absolute atomic E-state index is 0.136. The Labute approximate surface area is 50.5 Å². The molecule has 46 valence electrons. The normalized spacial score (nSPS) is 9.00. The Hall–Kier alpha value is -1.32. The second-order valence-corrected chi connectivity index (χ2v) is 1.43. The van der Waals surface area contributed by atoms with Crippen molar-refractivity contribution >= 4 is 5.69 Å². The second-order valence-electron chi connectivity index (χ2n) is 1.43. The summed E-state index contributed by atoms with van der Waals surface area (Å²) in [4.78, 5) is 12.9. The summed E-state index contributed by atoms with van der Waals surface area (Å²) in [6.07, 6.45) is 1.07. The Morgan fingerprint density at radius 2 is 2.33 bits per heavy atom. The zero-order valence-electron chi connectivity index (χ0n) is 4.41. The Morgan fingerprint density at radius 3 is 2.78 bits per heavy atom. The van der Waals surface area contributed by atoms with E-state index in [1.165, 1.54) is 6.07 Å². The van der Waals surface area contributed by atoms with Crippen LogP contribution in [-0.2, 0) is 0 Å². The summed E-state index contributed by atoms with van der Waals surface area (Å²) in [6, 6.07) is 2.34. The van der Waals surface area contributed by atoms with Crippen LogP contribution in [0, 0.1) is 10.9 Å². The van der Waals surface area contributed by atoms with Crippen LogP contribution in [-0.4, -0.2) is 4.98 Å². The van der Waals surface area contributed by atoms with Gasteiger partial charge in [0.25, 0.3) is 0 Å². The third-order valence-corrected chi connectivity index (χ3v) is 0.817. The molecule has 1 aromatic rings. The van der Waals surface area contributed by atoms with Crippen LogP contribution in [0.3, 0.4) is 0 Å². The van der Waals surface area contributed by atoms with Gasteiger partial charge in [-0.2, -0.15) is 4.39 Å². The van der Waals surface area contributed by atoms with Crippen LogP contribution in [0.4, 0.5) is 10.1 Å². The van der Waals surface area contributed by atoms with E-state index in [2.05, 4.69) is 10.2 Å². The van der Waals surface area contributed by atoms with E-state index in [4.69, 9.17) is 0 Å². The van der Waals surface area contributed by atoms with E-state index in [-0.39, 0.29) is 5.69 Å². The molecule has 0 N–H and O–H groups in total. The Balaban J connectivity index is 3.01. The molecule has 0 fully saturated rings. The summed E-state index contributed by atoms with van der Waals surface area (Å²) >= 11 is 0. The van der Waals surface area contributed by atoms with Gasteiger partial charge in [0.15, 0.2) is 0 Å². The molecule has 3 nitrogen and oxygen atoms in total. The van der Waals surface area contributed by atoms with Gasteiger partial charge in [0.1, 0.15) is 5.69 Å². The smallest absolute Gasteiger partial charge is 0.212 e. The van der Waals surface area contributed by atoms with Gasteiger partial charge in [-0.25, -0.2) is 4.98 Å². The molecule has 0 aliphatic heterocycles. The summed E-state index contributed by atoms with van der Waals surface area (Å²) in [5.41, 5.74) is 0.136. The van der Waals surface area contributed by atoms with E-state index in [0.717, 1.165) is 12.3 Å². The number of nitrogens with zero attached hydrogens (tertiary/aromatic N) is 2. The van der Waals surface area contributed by atoms with Crippen LogP contribution in [0.25, 0.3) is 0 Å². The largest absolute Gasteiger partial charge is 0.226 e. The molecule has 0 atom stereocenters. The topological polar surface area (TPSA) is 42.3 Å². The number of hydrogen-bond acceptors (Lipinski definition) is 3. The molecule has 1 rings (SSSR count). The van der Waals surface area contributed by atoms with E-state index in [1.54, 1.807) is 0 Å². The van der Waals surface area contributed by atoms with Crippen molar-refractivity contribution in [3.63, 3.8) is 0 Å². The standard InChI is InChI=1S/C5H3FN2O/c6-5-2-1-4(8-9)3-7-5/h1-3H. The fourth-order valence-corrected chi connectivity index (χ4v) is 0.422. The lowest BCUT2D eigenvalue weighted by atomic mass is 10.4. The molecule has 0 aliphatic rings. The Morgan fingerprint density at radius 1 is 1.56 bits per heavy atom. The number of nitroso groups, excluding NO2 is 1. The molecule has 4 heteroatoms. The molecule has 0 amide bonds. The van der Waals surface area contributed by atoms with Gasteiger partial charge in [0, 0.05) is 0 Å². The minimum atomic E-state index is -0.609. The molecule has 0 spiro atoms. The van der Waals surface area contributed by atoms with Crippen molar-refractivity contribution in [3.05, 3.63) is 29.2 Å². The third-order valence-electron chi connectivity index (χ3n) is 0.817. The lowest BCUT2D eigenvalue weighted by molar-refractivity contribution is 0.584. The number of hydrogen-bond donors (Lipinski definition) is 0. The highest BCUT2D eigenvalue weighted by molar-refractivity contribution is 5.31. The quantitative estimate of drug-likeness (QED) is 0.423. The van der Waals surface area contributed by atoms with Crippen LogP contribution in [0.5, 0.6) is 0 Å². The van der Waals surface area contributed by atoms with Crippen LogP contribution in [0.15, 0.2) is 23.5 Å². The van der Waals surface area contributed by atoms with Gasteiger partial charge >= 0.3 is 0 Å². The fourth-order valence-electron chi connectivity index (χ4n) is 0.422. The summed E-state index contributed by atoms with van der Waals surface area (Å²) in [5, 5.41) is 2.53. The van der Waals surface area contributed by atoms with E-state index in [9.17, 15) is 9.30 Å². The number of rotatable bonds is 1. The summed E-state index contributed by atoms with van der Waals surface area (Å²) in [5.74, 6) is -0.609. The fraction of sp³-hybridized carbons (Fsp3) is 0. The predicted molar refractivity (Wildman–Crippen MR) is 29.7 cm³/mol. The maximum atomic E-state index is 12.0. The lowest BCUT2D eigenvalue weighted by Gasteiger charge is -1.84. The SMILES string of the molecule is O=Nc1ccc(F)nc1. The summed E-state index contributed by atoms with van der Waals surface area (Å²) in [7, 11) is 0. The maximum absolute atomic E-state index is 12.0. The molecule has 0 aromatic carbocycles. The molecule has 0 saturated heterocycles. The Kier molecular flexibility index (Phi) is 1.48. The third kappa shape index (κ3) is 1.28. The van der Waals surface area contributed by atoms with Crippen LogP contribution in [0.1, 0.15) is 0 Å². The van der Waals surface area contributed by atoms with Crippen molar-refractivity contribution in [2.45, 2.75) is 0 Å². The van der Waals surface area contributed by atoms with E-state index in [0.29, 0.717) is 0 Å². The highest BCUT2D eigenvalue weighted by Crippen LogP contribution is 2.07. The van der Waals surface area contributed by atoms with Gasteiger partial charge in [-0.1, -0.05) is 0 Å². The van der Waals surface area contributed by atoms with Crippen molar-refractivity contribution in [3.8, 4) is 0 Å². The first-order valence-corrected chi connectivity index (χ1v) is 2.28. The van der Waals surface area contributed by atoms with Crippen molar-refractivity contribution in [1.82, 2.24) is 4.98 Å². The van der Waals surface area contributed by atoms with Crippen molar-refractivity contribution in [2.75, 3.05) is 0 Å². The lowest BCUT2D eigenvalue weighted by Crippen LogP contribution is -1.76. The first-order chi connectivity index (χ1) is 4.33. The zero-order chi connectivity index (χ0) is 6.69. The average molecular weight is 126 g/mol. The van der Waals surface area contributed by atoms with Crippen LogP contribution < -0.4 is 0 Å². The van der Waals surface area contributed by atoms with Gasteiger partial charge in [-0.15, -0.1) is 4.91 Å². The molecule has 1 heterocycles. The van der Waals surface area contributed by atoms with Gasteiger partial charge in [0.2, 0.25) is 5.95 Å². The molecule has 0 unspecified atom stereocenters. The van der Waals surface area contributed by atoms with Crippen LogP contribution >= 0.6 is 0 Å². The predicted octanol–water partition coefficient (Wildman–Crippen LogP) is 1.62. The molecule has 0 saturated carbocycles. The van der Waals surface area contributed by atoms with Crippen molar-refractivity contribution in [2.24, 2.45) is 5.18 Å². The average Bonchev–Trinajstić information content (AvgIpc) is 1.90. The van der Waals surface area contributed by atoms with E-state index < -0.39 is 5.95 Å². The zero-order valence-corrected chi connectivity index (χ0v) is 4.41. The maximum Gasteiger partial charge on any atom is 0.212 e. The molecule has 0 bridgehead atoms. The number of pyridine rings is 1. The molecular weight excluding hydrogens is 123 g/mol. The number of halogens is 1. The second kappa shape index (κ2) is 2.30. The molecule has 1 aromatic heterocycles. The number of aromatic nitrogens is 1. The molecule has 0 aliphatic carbocycles. The van der Waals surface area contributed by atoms with Crippen LogP contribution in [0.2, 0.25) is 0 Å². The van der Waals surface area contributed by atoms with Gasteiger partial charge in [-0.05, 0) is 17.3 Å². The summed E-state index contributed by atoms with van der Waals surface area (Å²) < 4.78 is 12.0.